The number of nitrogens with two attached hydrogens (primary N) is 1. The number of methoxy groups -OCH3 is 1. The van der Waals surface area contributed by atoms with E-state index in [4.69, 9.17) is 22.7 Å². The summed E-state index contributed by atoms with van der Waals surface area (Å²) in [6.45, 7) is 2.00. The van der Waals surface area contributed by atoms with E-state index in [1.807, 2.05) is 31.2 Å². The number of ether oxygens (including phenoxy) is 1. The van der Waals surface area contributed by atoms with Gasteiger partial charge in [0, 0.05) is 0 Å². The van der Waals surface area contributed by atoms with Gasteiger partial charge in [-0.15, -0.1) is 0 Å². The van der Waals surface area contributed by atoms with Crippen molar-refractivity contribution in [2.75, 3.05) is 7.11 Å². The lowest BCUT2D eigenvalue weighted by Gasteiger charge is -2.14. The van der Waals surface area contributed by atoms with Gasteiger partial charge >= 0.3 is 0 Å². The molecule has 3 nitrogen and oxygen atoms in total. The maximum absolute atomic E-state index is 5.38. The Morgan fingerprint density at radius 3 is 2.43 bits per heavy atom. The molecule has 0 aliphatic carbocycles. The normalized spacial score (nSPS) is 11.9. The van der Waals surface area contributed by atoms with Crippen LogP contribution in [0.2, 0.25) is 0 Å². The summed E-state index contributed by atoms with van der Waals surface area (Å²) in [6, 6.07) is 7.90. The van der Waals surface area contributed by atoms with Crippen molar-refractivity contribution in [1.82, 2.24) is 5.32 Å². The van der Waals surface area contributed by atoms with E-state index in [1.165, 1.54) is 0 Å². The Balaban J connectivity index is 2.71. The Kier molecular flexibility index (Phi) is 3.71. The first kappa shape index (κ1) is 10.8. The highest BCUT2D eigenvalue weighted by Gasteiger charge is 2.04. The van der Waals surface area contributed by atoms with E-state index in [9.17, 15) is 0 Å². The molecular weight excluding hydrogens is 196 g/mol. The zero-order valence-corrected chi connectivity index (χ0v) is 9.10. The molecule has 3 N–H and O–H groups in total. The van der Waals surface area contributed by atoms with Gasteiger partial charge < -0.3 is 15.8 Å². The maximum atomic E-state index is 5.38. The molecule has 14 heavy (non-hydrogen) atoms. The van der Waals surface area contributed by atoms with E-state index in [1.54, 1.807) is 7.11 Å². The van der Waals surface area contributed by atoms with Gasteiger partial charge in [-0.2, -0.15) is 0 Å². The van der Waals surface area contributed by atoms with Crippen LogP contribution < -0.4 is 15.8 Å². The van der Waals surface area contributed by atoms with Crippen LogP contribution in [0.3, 0.4) is 0 Å². The molecule has 0 saturated heterocycles. The quantitative estimate of drug-likeness (QED) is 0.744. The Morgan fingerprint density at radius 2 is 2.00 bits per heavy atom. The standard InChI is InChI=1S/C10H14N2OS/c1-7(12-10(11)14)8-3-5-9(13-2)6-4-8/h3-7H,1-2H3,(H3,11,12,14). The van der Waals surface area contributed by atoms with Crippen LogP contribution in [0.4, 0.5) is 0 Å². The van der Waals surface area contributed by atoms with E-state index >= 15 is 0 Å². The molecule has 76 valence electrons. The van der Waals surface area contributed by atoms with Crippen LogP contribution in [0.1, 0.15) is 18.5 Å². The topological polar surface area (TPSA) is 47.3 Å². The van der Waals surface area contributed by atoms with E-state index < -0.39 is 0 Å². The minimum atomic E-state index is 0.124. The molecule has 0 fully saturated rings. The largest absolute Gasteiger partial charge is 0.497 e. The average Bonchev–Trinajstić information content (AvgIpc) is 2.17. The summed E-state index contributed by atoms with van der Waals surface area (Å²) >= 11 is 4.76. The number of hydrogen-bond donors (Lipinski definition) is 2. The Morgan fingerprint density at radius 1 is 1.43 bits per heavy atom. The average molecular weight is 210 g/mol. The van der Waals surface area contributed by atoms with Crippen LogP contribution in [0.25, 0.3) is 0 Å². The molecule has 1 aromatic carbocycles. The van der Waals surface area contributed by atoms with Crippen molar-refractivity contribution >= 4 is 17.3 Å². The molecular formula is C10H14N2OS. The van der Waals surface area contributed by atoms with Gasteiger partial charge in [0.2, 0.25) is 0 Å². The van der Waals surface area contributed by atoms with E-state index in [-0.39, 0.29) is 6.04 Å². The SMILES string of the molecule is COc1ccc(C(C)NC(N)=S)cc1. The fraction of sp³-hybridized carbons (Fsp3) is 0.300. The van der Waals surface area contributed by atoms with Crippen molar-refractivity contribution in [3.63, 3.8) is 0 Å². The molecule has 0 bridgehead atoms. The van der Waals surface area contributed by atoms with Gasteiger partial charge in [-0.1, -0.05) is 12.1 Å². The van der Waals surface area contributed by atoms with Crippen molar-refractivity contribution < 1.29 is 4.74 Å². The number of thiocarbonyl (C=S) groups is 1. The molecule has 0 heterocycles. The molecule has 0 saturated carbocycles. The maximum Gasteiger partial charge on any atom is 0.164 e. The molecule has 0 aliphatic rings. The summed E-state index contributed by atoms with van der Waals surface area (Å²) < 4.78 is 5.06. The third kappa shape index (κ3) is 2.88. The fourth-order valence-corrected chi connectivity index (χ4v) is 1.37. The van der Waals surface area contributed by atoms with E-state index in [0.717, 1.165) is 11.3 Å². The third-order valence-corrected chi connectivity index (χ3v) is 2.09. The summed E-state index contributed by atoms with van der Waals surface area (Å²) in [5.41, 5.74) is 6.51. The number of benzene rings is 1. The lowest BCUT2D eigenvalue weighted by molar-refractivity contribution is 0.414. The Labute approximate surface area is 89.3 Å². The number of rotatable bonds is 3. The number of hydrogen-bond acceptors (Lipinski definition) is 2. The zero-order chi connectivity index (χ0) is 10.6. The highest BCUT2D eigenvalue weighted by Crippen LogP contribution is 2.16. The highest BCUT2D eigenvalue weighted by atomic mass is 32.1. The molecule has 1 rings (SSSR count). The molecule has 1 unspecified atom stereocenters. The summed E-state index contributed by atoms with van der Waals surface area (Å²) in [5.74, 6) is 0.844. The second kappa shape index (κ2) is 4.81. The van der Waals surface area contributed by atoms with Crippen LogP contribution in [-0.4, -0.2) is 12.2 Å². The van der Waals surface area contributed by atoms with Crippen LogP contribution in [0.5, 0.6) is 5.75 Å². The second-order valence-corrected chi connectivity index (χ2v) is 3.44. The van der Waals surface area contributed by atoms with Crippen LogP contribution in [0.15, 0.2) is 24.3 Å². The van der Waals surface area contributed by atoms with Crippen molar-refractivity contribution in [1.29, 1.82) is 0 Å². The minimum Gasteiger partial charge on any atom is -0.497 e. The molecule has 4 heteroatoms. The molecule has 0 spiro atoms. The monoisotopic (exact) mass is 210 g/mol. The van der Waals surface area contributed by atoms with Gasteiger partial charge in [0.25, 0.3) is 0 Å². The lowest BCUT2D eigenvalue weighted by atomic mass is 10.1. The Bertz CT molecular complexity index is 310. The van der Waals surface area contributed by atoms with Crippen LogP contribution >= 0.6 is 12.2 Å². The number of nitrogens with one attached hydrogen (secondary N) is 1. The van der Waals surface area contributed by atoms with E-state index in [0.29, 0.717) is 5.11 Å². The van der Waals surface area contributed by atoms with Crippen LogP contribution in [0, 0.1) is 0 Å². The van der Waals surface area contributed by atoms with Gasteiger partial charge in [-0.05, 0) is 36.8 Å². The minimum absolute atomic E-state index is 0.124. The van der Waals surface area contributed by atoms with Gasteiger partial charge in [-0.3, -0.25) is 0 Å². The molecule has 0 aliphatic heterocycles. The summed E-state index contributed by atoms with van der Waals surface area (Å²) in [7, 11) is 1.64. The van der Waals surface area contributed by atoms with Crippen LogP contribution in [-0.2, 0) is 0 Å². The summed E-state index contributed by atoms with van der Waals surface area (Å²) in [5, 5.41) is 3.28. The van der Waals surface area contributed by atoms with Crippen molar-refractivity contribution in [2.45, 2.75) is 13.0 Å². The van der Waals surface area contributed by atoms with Gasteiger partial charge in [0.05, 0.1) is 13.2 Å². The smallest absolute Gasteiger partial charge is 0.164 e. The fourth-order valence-electron chi connectivity index (χ4n) is 1.19. The zero-order valence-electron chi connectivity index (χ0n) is 8.28. The Hall–Kier alpha value is -1.29. The third-order valence-electron chi connectivity index (χ3n) is 1.97. The highest BCUT2D eigenvalue weighted by molar-refractivity contribution is 7.80. The molecule has 1 aromatic rings. The summed E-state index contributed by atoms with van der Waals surface area (Å²) in [6.07, 6.45) is 0. The molecule has 1 atom stereocenters. The van der Waals surface area contributed by atoms with Crippen molar-refractivity contribution in [3.8, 4) is 5.75 Å². The molecule has 0 aromatic heterocycles. The van der Waals surface area contributed by atoms with Gasteiger partial charge in [0.15, 0.2) is 5.11 Å². The van der Waals surface area contributed by atoms with Gasteiger partial charge in [-0.25, -0.2) is 0 Å². The second-order valence-electron chi connectivity index (χ2n) is 3.00. The lowest BCUT2D eigenvalue weighted by Crippen LogP contribution is -2.31. The molecule has 0 amide bonds. The van der Waals surface area contributed by atoms with Crippen molar-refractivity contribution in [2.24, 2.45) is 5.73 Å². The predicted octanol–water partition coefficient (Wildman–Crippen LogP) is 1.59. The van der Waals surface area contributed by atoms with Gasteiger partial charge in [0.1, 0.15) is 5.75 Å². The first-order valence-electron chi connectivity index (χ1n) is 4.33. The van der Waals surface area contributed by atoms with E-state index in [2.05, 4.69) is 5.32 Å². The summed E-state index contributed by atoms with van der Waals surface area (Å²) in [4.78, 5) is 0. The predicted molar refractivity (Wildman–Crippen MR) is 61.3 cm³/mol. The van der Waals surface area contributed by atoms with Crippen molar-refractivity contribution in [3.05, 3.63) is 29.8 Å². The first-order chi connectivity index (χ1) is 6.63. The molecule has 0 radical (unpaired) electrons. The first-order valence-corrected chi connectivity index (χ1v) is 4.74.